The summed E-state index contributed by atoms with van der Waals surface area (Å²) in [6, 6.07) is 0. The number of fused-ring (bicyclic) bond motifs is 5. The summed E-state index contributed by atoms with van der Waals surface area (Å²) in [5, 5.41) is 0. The van der Waals surface area contributed by atoms with Crippen LogP contribution in [-0.2, 0) is 19.1 Å². The van der Waals surface area contributed by atoms with Crippen LogP contribution in [0.3, 0.4) is 0 Å². The molecule has 2 saturated carbocycles. The van der Waals surface area contributed by atoms with Crippen LogP contribution in [0.25, 0.3) is 0 Å². The van der Waals surface area contributed by atoms with Crippen molar-refractivity contribution in [1.29, 1.82) is 0 Å². The Morgan fingerprint density at radius 3 is 2.78 bits per heavy atom. The number of Topliss-reactive ketones (excluding diaryl/α,β-unsaturated/α-hetero) is 1. The monoisotopic (exact) mass is 375 g/mol. The van der Waals surface area contributed by atoms with Gasteiger partial charge in [-0.1, -0.05) is 18.6 Å². The van der Waals surface area contributed by atoms with E-state index >= 15 is 0 Å². The molecule has 0 aromatic carbocycles. The van der Waals surface area contributed by atoms with Crippen LogP contribution >= 0.6 is 0 Å². The largest absolute Gasteiger partial charge is 0.451 e. The molecule has 0 heterocycles. The average molecular weight is 376 g/mol. The number of ketones is 2. The highest BCUT2D eigenvalue weighted by molar-refractivity contribution is 5.92. The van der Waals surface area contributed by atoms with Gasteiger partial charge in [-0.3, -0.25) is 14.4 Å². The van der Waals surface area contributed by atoms with Crippen molar-refractivity contribution in [2.45, 2.75) is 71.7 Å². The molecule has 27 heavy (non-hydrogen) atoms. The number of carbonyl (C=O) groups is 3. The van der Waals surface area contributed by atoms with Crippen molar-refractivity contribution in [3.8, 4) is 0 Å². The van der Waals surface area contributed by atoms with Gasteiger partial charge in [0.25, 0.3) is 0 Å². The van der Waals surface area contributed by atoms with E-state index in [1.54, 1.807) is 0 Å². The Morgan fingerprint density at radius 2 is 2.07 bits per heavy atom. The first-order chi connectivity index (χ1) is 14.6. The quantitative estimate of drug-likeness (QED) is 0.679. The van der Waals surface area contributed by atoms with E-state index in [9.17, 15) is 14.4 Å². The Hall–Kier alpha value is -1.71. The van der Waals surface area contributed by atoms with E-state index in [0.717, 1.165) is 11.1 Å². The number of allylic oxidation sites excluding steroid dienone is 4. The van der Waals surface area contributed by atoms with E-state index in [2.05, 4.69) is 6.08 Å². The molecule has 0 aliphatic heterocycles. The Labute approximate surface area is 168 Å². The maximum absolute atomic E-state index is 13.2. The van der Waals surface area contributed by atoms with E-state index in [1.165, 1.54) is 13.0 Å². The standard InChI is InChI=1S/C23H30O4/c1-13-11-20-18(17-6-5-16(26)12-19(13)17)7-9-22(4)21(20)8-10-23(22,14(2)24)27-15(3)25/h11-12,17-18,20-21H,5-10H2,1-4H3/t17-,18-,20-,21+,22+,23+/m1/s1/i2D3,5D2. The first kappa shape index (κ1) is 13.5. The Bertz CT molecular complexity index is 949. The fourth-order valence-corrected chi connectivity index (χ4v) is 6.56. The zero-order valence-electron chi connectivity index (χ0n) is 21.1. The van der Waals surface area contributed by atoms with Crippen molar-refractivity contribution in [1.82, 2.24) is 0 Å². The molecule has 4 aliphatic rings. The fourth-order valence-electron chi connectivity index (χ4n) is 6.56. The third-order valence-corrected chi connectivity index (χ3v) is 7.79. The van der Waals surface area contributed by atoms with Gasteiger partial charge in [0.05, 0.1) is 0 Å². The fraction of sp³-hybridized carbons (Fsp3) is 0.696. The van der Waals surface area contributed by atoms with Crippen LogP contribution in [0.15, 0.2) is 23.3 Å². The van der Waals surface area contributed by atoms with E-state index in [4.69, 9.17) is 11.6 Å². The summed E-state index contributed by atoms with van der Waals surface area (Å²) in [5.41, 5.74) is -0.670. The van der Waals surface area contributed by atoms with Crippen LogP contribution in [0, 0.1) is 29.1 Å². The molecule has 2 fully saturated rings. The zero-order valence-corrected chi connectivity index (χ0v) is 16.1. The molecule has 4 rings (SSSR count). The van der Waals surface area contributed by atoms with Gasteiger partial charge in [0.15, 0.2) is 17.2 Å². The lowest BCUT2D eigenvalue weighted by Gasteiger charge is -2.54. The molecule has 4 nitrogen and oxygen atoms in total. The molecular formula is C23H30O4. The predicted molar refractivity (Wildman–Crippen MR) is 102 cm³/mol. The van der Waals surface area contributed by atoms with Crippen LogP contribution in [0.1, 0.15) is 73.0 Å². The summed E-state index contributed by atoms with van der Waals surface area (Å²) in [5.74, 6) is -2.22. The second-order valence-electron chi connectivity index (χ2n) is 8.89. The van der Waals surface area contributed by atoms with Crippen molar-refractivity contribution in [2.24, 2.45) is 29.1 Å². The molecular weight excluding hydrogens is 340 g/mol. The van der Waals surface area contributed by atoms with Crippen molar-refractivity contribution in [3.05, 3.63) is 23.3 Å². The molecule has 146 valence electrons. The lowest BCUT2D eigenvalue weighted by Crippen LogP contribution is -2.57. The number of hydrogen-bond donors (Lipinski definition) is 0. The number of esters is 1. The van der Waals surface area contributed by atoms with Gasteiger partial charge in [-0.15, -0.1) is 0 Å². The van der Waals surface area contributed by atoms with Gasteiger partial charge in [-0.05, 0) is 81.2 Å². The molecule has 0 aromatic rings. The van der Waals surface area contributed by atoms with Gasteiger partial charge in [0, 0.05) is 25.6 Å². The lowest BCUT2D eigenvalue weighted by molar-refractivity contribution is -0.184. The molecule has 0 aromatic heterocycles. The van der Waals surface area contributed by atoms with Crippen molar-refractivity contribution < 1.29 is 26.0 Å². The highest BCUT2D eigenvalue weighted by Crippen LogP contribution is 2.65. The molecule has 0 unspecified atom stereocenters. The highest BCUT2D eigenvalue weighted by Gasteiger charge is 2.66. The second-order valence-corrected chi connectivity index (χ2v) is 8.89. The third-order valence-electron chi connectivity index (χ3n) is 7.79. The normalized spacial score (nSPS) is 48.1. The molecule has 0 N–H and O–H groups in total. The SMILES string of the molecule is [2H]C([2H])([2H])C(=O)[C@@]1(OC(C)=O)CC[C@H]2[C@@H]3C=C(C)C4=CC(=O)C([2H])([2H])C[C@@H]4[C@H]3CC[C@@]21C. The number of carbonyl (C=O) groups excluding carboxylic acids is 3. The molecule has 0 saturated heterocycles. The van der Waals surface area contributed by atoms with Crippen LogP contribution in [-0.4, -0.2) is 23.1 Å². The van der Waals surface area contributed by atoms with E-state index in [0.29, 0.717) is 19.3 Å². The molecule has 0 amide bonds. The summed E-state index contributed by atoms with van der Waals surface area (Å²) in [4.78, 5) is 37.5. The number of rotatable bonds is 2. The summed E-state index contributed by atoms with van der Waals surface area (Å²) in [7, 11) is 0. The summed E-state index contributed by atoms with van der Waals surface area (Å²) in [6.45, 7) is 2.14. The van der Waals surface area contributed by atoms with Gasteiger partial charge in [-0.2, -0.15) is 0 Å². The Kier molecular flexibility index (Phi) is 3.07. The van der Waals surface area contributed by atoms with Gasteiger partial charge < -0.3 is 4.74 Å². The third kappa shape index (κ3) is 2.51. The maximum atomic E-state index is 13.2. The van der Waals surface area contributed by atoms with Gasteiger partial charge in [-0.25, -0.2) is 0 Å². The molecule has 6 atom stereocenters. The number of ether oxygens (including phenoxy) is 1. The molecule has 4 heteroatoms. The number of hydrogen-bond acceptors (Lipinski definition) is 4. The molecule has 0 spiro atoms. The Morgan fingerprint density at radius 1 is 1.30 bits per heavy atom. The zero-order chi connectivity index (χ0) is 23.9. The van der Waals surface area contributed by atoms with Gasteiger partial charge in [0.2, 0.25) is 0 Å². The second kappa shape index (κ2) is 6.15. The lowest BCUT2D eigenvalue weighted by atomic mass is 9.51. The van der Waals surface area contributed by atoms with Gasteiger partial charge in [0.1, 0.15) is 0 Å². The van der Waals surface area contributed by atoms with Crippen molar-refractivity contribution >= 4 is 17.5 Å². The van der Waals surface area contributed by atoms with Crippen LogP contribution in [0.4, 0.5) is 0 Å². The Balaban J connectivity index is 1.78. The topological polar surface area (TPSA) is 60.4 Å². The minimum atomic E-state index is -2.88. The summed E-state index contributed by atoms with van der Waals surface area (Å²) >= 11 is 0. The minimum Gasteiger partial charge on any atom is -0.451 e. The summed E-state index contributed by atoms with van der Waals surface area (Å²) in [6.07, 6.45) is 3.68. The molecule has 0 bridgehead atoms. The van der Waals surface area contributed by atoms with Crippen LogP contribution < -0.4 is 0 Å². The van der Waals surface area contributed by atoms with E-state index in [1.807, 2.05) is 13.8 Å². The average Bonchev–Trinajstić information content (AvgIpc) is 2.95. The highest BCUT2D eigenvalue weighted by atomic mass is 16.6. The van der Waals surface area contributed by atoms with E-state index < -0.39 is 41.8 Å². The molecule has 4 aliphatic carbocycles. The first-order valence-corrected chi connectivity index (χ1v) is 9.83. The smallest absolute Gasteiger partial charge is 0.303 e. The van der Waals surface area contributed by atoms with Crippen molar-refractivity contribution in [3.63, 3.8) is 0 Å². The first-order valence-electron chi connectivity index (χ1n) is 12.3. The minimum absolute atomic E-state index is 0.00161. The van der Waals surface area contributed by atoms with Crippen LogP contribution in [0.2, 0.25) is 0 Å². The maximum Gasteiger partial charge on any atom is 0.303 e. The van der Waals surface area contributed by atoms with Crippen LogP contribution in [0.5, 0.6) is 0 Å². The predicted octanol–water partition coefficient (Wildman–Crippen LogP) is 4.19. The van der Waals surface area contributed by atoms with Crippen molar-refractivity contribution in [2.75, 3.05) is 0 Å². The van der Waals surface area contributed by atoms with Gasteiger partial charge >= 0.3 is 5.97 Å². The summed E-state index contributed by atoms with van der Waals surface area (Å²) < 4.78 is 45.3. The molecule has 0 radical (unpaired) electrons. The van der Waals surface area contributed by atoms with E-state index in [-0.39, 0.29) is 36.5 Å².